The van der Waals surface area contributed by atoms with Gasteiger partial charge in [-0.1, -0.05) is 48.5 Å². The number of carboxylic acids is 1. The van der Waals surface area contributed by atoms with E-state index in [1.807, 2.05) is 79.2 Å². The van der Waals surface area contributed by atoms with Crippen LogP contribution < -0.4 is 10.6 Å². The van der Waals surface area contributed by atoms with Crippen LogP contribution in [0.1, 0.15) is 34.9 Å². The standard InChI is InChI=1S/C26H27N3O5/c1-16-11-12-17(29(16)2)14-27-25(32)23(13-24(30)31)28-26(33)34-15-22-20-9-5-3-7-18(20)19-8-4-6-10-21(19)22/h3-12,22-23H,13-15H2,1-2H3,(H,27,32)(H,28,33)(H,30,31). The molecule has 2 aromatic carbocycles. The average molecular weight is 462 g/mol. The number of fused-ring (bicyclic) bond motifs is 3. The Labute approximate surface area is 197 Å². The normalized spacial score (nSPS) is 13.0. The molecule has 176 valence electrons. The number of carboxylic acid groups (broad SMARTS) is 1. The van der Waals surface area contributed by atoms with Crippen molar-refractivity contribution in [3.63, 3.8) is 0 Å². The highest BCUT2D eigenvalue weighted by molar-refractivity contribution is 5.89. The van der Waals surface area contributed by atoms with E-state index in [-0.39, 0.29) is 19.1 Å². The van der Waals surface area contributed by atoms with Crippen molar-refractivity contribution in [2.45, 2.75) is 31.8 Å². The molecule has 1 heterocycles. The van der Waals surface area contributed by atoms with E-state index >= 15 is 0 Å². The van der Waals surface area contributed by atoms with Gasteiger partial charge >= 0.3 is 12.1 Å². The Morgan fingerprint density at radius 3 is 2.18 bits per heavy atom. The predicted molar refractivity (Wildman–Crippen MR) is 126 cm³/mol. The molecule has 0 bridgehead atoms. The molecule has 8 heteroatoms. The van der Waals surface area contributed by atoms with E-state index < -0.39 is 30.4 Å². The summed E-state index contributed by atoms with van der Waals surface area (Å²) in [5.74, 6) is -1.92. The molecule has 0 fully saturated rings. The molecule has 0 saturated heterocycles. The van der Waals surface area contributed by atoms with Crippen LogP contribution in [0, 0.1) is 6.92 Å². The van der Waals surface area contributed by atoms with E-state index in [0.29, 0.717) is 0 Å². The van der Waals surface area contributed by atoms with Gasteiger partial charge in [0.05, 0.1) is 13.0 Å². The minimum Gasteiger partial charge on any atom is -0.481 e. The van der Waals surface area contributed by atoms with Crippen LogP contribution in [-0.2, 0) is 27.9 Å². The first-order valence-electron chi connectivity index (χ1n) is 11.1. The smallest absolute Gasteiger partial charge is 0.407 e. The lowest BCUT2D eigenvalue weighted by atomic mass is 9.98. The number of nitrogens with zero attached hydrogens (tertiary/aromatic N) is 1. The summed E-state index contributed by atoms with van der Waals surface area (Å²) in [6, 6.07) is 18.5. The maximum absolute atomic E-state index is 12.6. The number of aromatic nitrogens is 1. The van der Waals surface area contributed by atoms with Crippen LogP contribution in [0.2, 0.25) is 0 Å². The van der Waals surface area contributed by atoms with Crippen LogP contribution in [0.15, 0.2) is 60.7 Å². The summed E-state index contributed by atoms with van der Waals surface area (Å²) in [5.41, 5.74) is 6.23. The van der Waals surface area contributed by atoms with Crippen molar-refractivity contribution in [3.05, 3.63) is 83.2 Å². The largest absolute Gasteiger partial charge is 0.481 e. The van der Waals surface area contributed by atoms with E-state index in [4.69, 9.17) is 4.74 Å². The van der Waals surface area contributed by atoms with Gasteiger partial charge in [0.1, 0.15) is 12.6 Å². The highest BCUT2D eigenvalue weighted by Crippen LogP contribution is 2.44. The number of ether oxygens (including phenoxy) is 1. The molecule has 0 saturated carbocycles. The summed E-state index contributed by atoms with van der Waals surface area (Å²) in [7, 11) is 1.88. The third-order valence-corrected chi connectivity index (χ3v) is 6.25. The van der Waals surface area contributed by atoms with Gasteiger partial charge in [-0.2, -0.15) is 0 Å². The lowest BCUT2D eigenvalue weighted by Crippen LogP contribution is -2.48. The van der Waals surface area contributed by atoms with Gasteiger partial charge in [0.2, 0.25) is 5.91 Å². The van der Waals surface area contributed by atoms with Gasteiger partial charge in [-0.15, -0.1) is 0 Å². The van der Waals surface area contributed by atoms with E-state index in [1.54, 1.807) is 0 Å². The fourth-order valence-corrected chi connectivity index (χ4v) is 4.31. The number of benzene rings is 2. The van der Waals surface area contributed by atoms with E-state index in [9.17, 15) is 19.5 Å². The molecular formula is C26H27N3O5. The molecule has 1 aliphatic carbocycles. The Bertz CT molecular complexity index is 1190. The number of hydrogen-bond acceptors (Lipinski definition) is 4. The first-order valence-corrected chi connectivity index (χ1v) is 11.1. The summed E-state index contributed by atoms with van der Waals surface area (Å²) in [6.07, 6.45) is -1.39. The van der Waals surface area contributed by atoms with Crippen molar-refractivity contribution < 1.29 is 24.2 Å². The molecule has 0 radical (unpaired) electrons. The molecule has 34 heavy (non-hydrogen) atoms. The molecule has 8 nitrogen and oxygen atoms in total. The second-order valence-corrected chi connectivity index (χ2v) is 8.36. The molecule has 3 N–H and O–H groups in total. The number of rotatable bonds is 8. The number of aliphatic carboxylic acids is 1. The molecular weight excluding hydrogens is 434 g/mol. The quantitative estimate of drug-likeness (QED) is 0.477. The second-order valence-electron chi connectivity index (χ2n) is 8.36. The SMILES string of the molecule is Cc1ccc(CNC(=O)C(CC(=O)O)NC(=O)OCC2c3ccccc3-c3ccccc32)n1C. The summed E-state index contributed by atoms with van der Waals surface area (Å²) in [6.45, 7) is 2.23. The summed E-state index contributed by atoms with van der Waals surface area (Å²) in [4.78, 5) is 36.5. The Balaban J connectivity index is 1.39. The van der Waals surface area contributed by atoms with Crippen molar-refractivity contribution in [3.8, 4) is 11.1 Å². The van der Waals surface area contributed by atoms with Crippen LogP contribution in [0.3, 0.4) is 0 Å². The maximum Gasteiger partial charge on any atom is 0.407 e. The zero-order valence-corrected chi connectivity index (χ0v) is 19.1. The zero-order valence-electron chi connectivity index (χ0n) is 19.1. The van der Waals surface area contributed by atoms with E-state index in [1.165, 1.54) is 0 Å². The van der Waals surface area contributed by atoms with Gasteiger partial charge in [-0.25, -0.2) is 4.79 Å². The molecule has 3 aromatic rings. The number of nitrogens with one attached hydrogen (secondary N) is 2. The first kappa shape index (κ1) is 23.1. The Morgan fingerprint density at radius 1 is 1.00 bits per heavy atom. The molecule has 2 amide bonds. The van der Waals surface area contributed by atoms with Gasteiger partial charge < -0.3 is 25.0 Å². The molecule has 1 atom stereocenters. The minimum atomic E-state index is -1.26. The summed E-state index contributed by atoms with van der Waals surface area (Å²) >= 11 is 0. The van der Waals surface area contributed by atoms with Crippen LogP contribution in [0.25, 0.3) is 11.1 Å². The fourth-order valence-electron chi connectivity index (χ4n) is 4.31. The number of carbonyl (C=O) groups is 3. The maximum atomic E-state index is 12.6. The highest BCUT2D eigenvalue weighted by Gasteiger charge is 2.30. The average Bonchev–Trinajstić information content (AvgIpc) is 3.32. The zero-order chi connectivity index (χ0) is 24.2. The molecule has 1 unspecified atom stereocenters. The summed E-state index contributed by atoms with van der Waals surface area (Å²) < 4.78 is 7.38. The number of aryl methyl sites for hydroxylation is 1. The molecule has 0 aliphatic heterocycles. The molecule has 0 spiro atoms. The van der Waals surface area contributed by atoms with E-state index in [2.05, 4.69) is 10.6 Å². The van der Waals surface area contributed by atoms with Crippen molar-refractivity contribution in [2.24, 2.45) is 7.05 Å². The lowest BCUT2D eigenvalue weighted by Gasteiger charge is -2.19. The topological polar surface area (TPSA) is 110 Å². The predicted octanol–water partition coefficient (Wildman–Crippen LogP) is 3.33. The number of carbonyl (C=O) groups excluding carboxylic acids is 2. The van der Waals surface area contributed by atoms with Crippen molar-refractivity contribution >= 4 is 18.0 Å². The van der Waals surface area contributed by atoms with Gasteiger partial charge in [0.15, 0.2) is 0 Å². The van der Waals surface area contributed by atoms with Crippen molar-refractivity contribution in [2.75, 3.05) is 6.61 Å². The van der Waals surface area contributed by atoms with Crippen LogP contribution >= 0.6 is 0 Å². The number of amides is 2. The van der Waals surface area contributed by atoms with Gasteiger partial charge in [-0.3, -0.25) is 9.59 Å². The van der Waals surface area contributed by atoms with Gasteiger partial charge in [-0.05, 0) is 41.3 Å². The highest BCUT2D eigenvalue weighted by atomic mass is 16.5. The number of hydrogen-bond donors (Lipinski definition) is 3. The Hall–Kier alpha value is -4.07. The third-order valence-electron chi connectivity index (χ3n) is 6.25. The van der Waals surface area contributed by atoms with Crippen molar-refractivity contribution in [1.29, 1.82) is 0 Å². The lowest BCUT2D eigenvalue weighted by molar-refractivity contribution is -0.139. The van der Waals surface area contributed by atoms with Crippen LogP contribution in [-0.4, -0.2) is 40.3 Å². The monoisotopic (exact) mass is 461 g/mol. The fraction of sp³-hybridized carbons (Fsp3) is 0.269. The molecule has 4 rings (SSSR count). The Kier molecular flexibility index (Phi) is 6.67. The van der Waals surface area contributed by atoms with Crippen LogP contribution in [0.4, 0.5) is 4.79 Å². The minimum absolute atomic E-state index is 0.0733. The van der Waals surface area contributed by atoms with Gasteiger partial charge in [0.25, 0.3) is 0 Å². The van der Waals surface area contributed by atoms with Gasteiger partial charge in [0, 0.05) is 24.4 Å². The second kappa shape index (κ2) is 9.82. The molecule has 1 aromatic heterocycles. The third kappa shape index (κ3) is 4.80. The van der Waals surface area contributed by atoms with Crippen LogP contribution in [0.5, 0.6) is 0 Å². The summed E-state index contributed by atoms with van der Waals surface area (Å²) in [5, 5.41) is 14.3. The van der Waals surface area contributed by atoms with E-state index in [0.717, 1.165) is 33.6 Å². The number of alkyl carbamates (subject to hydrolysis) is 1. The van der Waals surface area contributed by atoms with Crippen molar-refractivity contribution in [1.82, 2.24) is 15.2 Å². The first-order chi connectivity index (χ1) is 16.3. The Morgan fingerprint density at radius 2 is 1.62 bits per heavy atom. The molecule has 1 aliphatic rings.